The number of rotatable bonds is 6. The molecule has 0 aliphatic rings. The van der Waals surface area contributed by atoms with Gasteiger partial charge in [0.2, 0.25) is 5.89 Å². The maximum Gasteiger partial charge on any atom is 0.243 e. The van der Waals surface area contributed by atoms with Gasteiger partial charge >= 0.3 is 0 Å². The van der Waals surface area contributed by atoms with Gasteiger partial charge in [0.1, 0.15) is 0 Å². The van der Waals surface area contributed by atoms with Crippen LogP contribution in [0, 0.1) is 0 Å². The molecular weight excluding hydrogens is 212 g/mol. The Hall–Kier alpha value is -0.590. The first-order valence-electron chi connectivity index (χ1n) is 4.85. The van der Waals surface area contributed by atoms with E-state index in [2.05, 4.69) is 16.4 Å². The molecule has 1 aromatic heterocycles. The van der Waals surface area contributed by atoms with Crippen molar-refractivity contribution >= 4 is 11.8 Å². The molecule has 0 saturated heterocycles. The zero-order valence-electron chi connectivity index (χ0n) is 9.43. The normalized spacial score (nSPS) is 13.4. The Kier molecular flexibility index (Phi) is 5.07. The number of hydrogen-bond acceptors (Lipinski definition) is 6. The van der Waals surface area contributed by atoms with Crippen LogP contribution in [0.2, 0.25) is 0 Å². The predicted octanol–water partition coefficient (Wildman–Crippen LogP) is 0.884. The summed E-state index contributed by atoms with van der Waals surface area (Å²) in [7, 11) is 3.92. The molecule has 2 N–H and O–H groups in total. The van der Waals surface area contributed by atoms with E-state index in [1.807, 2.05) is 19.0 Å². The Bertz CT molecular complexity index is 289. The van der Waals surface area contributed by atoms with Crippen LogP contribution in [0.4, 0.5) is 0 Å². The number of nitrogens with two attached hydrogens (primary N) is 1. The van der Waals surface area contributed by atoms with Gasteiger partial charge in [-0.2, -0.15) is 16.7 Å². The summed E-state index contributed by atoms with van der Waals surface area (Å²) in [6.07, 6.45) is 2.92. The molecule has 0 bridgehead atoms. The first-order valence-corrected chi connectivity index (χ1v) is 6.24. The molecule has 0 unspecified atom stereocenters. The van der Waals surface area contributed by atoms with E-state index in [9.17, 15) is 0 Å². The highest BCUT2D eigenvalue weighted by Gasteiger charge is 2.14. The maximum atomic E-state index is 5.90. The number of nitrogens with zero attached hydrogens (tertiary/aromatic N) is 3. The fourth-order valence-electron chi connectivity index (χ4n) is 1.13. The molecule has 1 atom stereocenters. The van der Waals surface area contributed by atoms with Crippen molar-refractivity contribution < 1.29 is 4.52 Å². The minimum absolute atomic E-state index is 0.138. The summed E-state index contributed by atoms with van der Waals surface area (Å²) in [4.78, 5) is 6.24. The standard InChI is InChI=1S/C9H18N4OS/c1-13(2)6-8-11-9(14-12-8)7(10)4-5-15-3/h7H,4-6,10H2,1-3H3/t7-/m1/s1. The van der Waals surface area contributed by atoms with Crippen molar-refractivity contribution in [1.29, 1.82) is 0 Å². The lowest BCUT2D eigenvalue weighted by molar-refractivity contribution is 0.335. The highest BCUT2D eigenvalue weighted by molar-refractivity contribution is 7.98. The van der Waals surface area contributed by atoms with Crippen molar-refractivity contribution in [3.63, 3.8) is 0 Å². The van der Waals surface area contributed by atoms with Crippen LogP contribution in [0.3, 0.4) is 0 Å². The second-order valence-corrected chi connectivity index (χ2v) is 4.66. The Morgan fingerprint density at radius 3 is 2.87 bits per heavy atom. The zero-order valence-corrected chi connectivity index (χ0v) is 10.3. The molecule has 0 aromatic carbocycles. The molecular formula is C9H18N4OS. The fourth-order valence-corrected chi connectivity index (χ4v) is 1.62. The fraction of sp³-hybridized carbons (Fsp3) is 0.778. The molecule has 0 spiro atoms. The van der Waals surface area contributed by atoms with Gasteiger partial charge in [-0.25, -0.2) is 0 Å². The average molecular weight is 230 g/mol. The Morgan fingerprint density at radius 2 is 2.27 bits per heavy atom. The molecule has 1 heterocycles. The summed E-state index contributed by atoms with van der Waals surface area (Å²) >= 11 is 1.76. The molecule has 6 heteroatoms. The van der Waals surface area contributed by atoms with E-state index in [0.29, 0.717) is 18.3 Å². The van der Waals surface area contributed by atoms with Crippen LogP contribution in [-0.2, 0) is 6.54 Å². The van der Waals surface area contributed by atoms with Crippen molar-refractivity contribution in [1.82, 2.24) is 15.0 Å². The van der Waals surface area contributed by atoms with Crippen LogP contribution in [-0.4, -0.2) is 41.1 Å². The van der Waals surface area contributed by atoms with Crippen LogP contribution in [0.25, 0.3) is 0 Å². The molecule has 0 aliphatic carbocycles. The van der Waals surface area contributed by atoms with Crippen LogP contribution in [0.5, 0.6) is 0 Å². The highest BCUT2D eigenvalue weighted by Crippen LogP contribution is 2.14. The van der Waals surface area contributed by atoms with Crippen molar-refractivity contribution in [3.05, 3.63) is 11.7 Å². The van der Waals surface area contributed by atoms with Gasteiger partial charge in [-0.1, -0.05) is 5.16 Å². The molecule has 0 saturated carbocycles. The summed E-state index contributed by atoms with van der Waals surface area (Å²) < 4.78 is 5.10. The number of aromatic nitrogens is 2. The molecule has 86 valence electrons. The molecule has 1 aromatic rings. The zero-order chi connectivity index (χ0) is 11.3. The van der Waals surface area contributed by atoms with Gasteiger partial charge in [-0.05, 0) is 32.5 Å². The summed E-state index contributed by atoms with van der Waals surface area (Å²) in [6, 6.07) is -0.138. The van der Waals surface area contributed by atoms with Crippen LogP contribution in [0.15, 0.2) is 4.52 Å². The van der Waals surface area contributed by atoms with E-state index < -0.39 is 0 Å². The second kappa shape index (κ2) is 6.09. The first-order chi connectivity index (χ1) is 7.13. The van der Waals surface area contributed by atoms with E-state index in [4.69, 9.17) is 10.3 Å². The highest BCUT2D eigenvalue weighted by atomic mass is 32.2. The second-order valence-electron chi connectivity index (χ2n) is 3.67. The van der Waals surface area contributed by atoms with Gasteiger partial charge in [0.15, 0.2) is 5.82 Å². The smallest absolute Gasteiger partial charge is 0.243 e. The number of thioether (sulfide) groups is 1. The molecule has 15 heavy (non-hydrogen) atoms. The summed E-state index contributed by atoms with van der Waals surface area (Å²) in [6.45, 7) is 0.679. The van der Waals surface area contributed by atoms with E-state index in [0.717, 1.165) is 12.2 Å². The van der Waals surface area contributed by atoms with Crippen molar-refractivity contribution in [2.45, 2.75) is 19.0 Å². The van der Waals surface area contributed by atoms with E-state index in [1.54, 1.807) is 11.8 Å². The van der Waals surface area contributed by atoms with Crippen LogP contribution >= 0.6 is 11.8 Å². The maximum absolute atomic E-state index is 5.90. The Labute approximate surface area is 94.4 Å². The summed E-state index contributed by atoms with van der Waals surface area (Å²) in [5, 5.41) is 3.87. The van der Waals surface area contributed by atoms with Gasteiger partial charge in [-0.3, -0.25) is 0 Å². The lowest BCUT2D eigenvalue weighted by atomic mass is 10.2. The van der Waals surface area contributed by atoms with E-state index in [-0.39, 0.29) is 6.04 Å². The predicted molar refractivity (Wildman–Crippen MR) is 61.6 cm³/mol. The third kappa shape index (κ3) is 4.19. The van der Waals surface area contributed by atoms with Crippen molar-refractivity contribution in [3.8, 4) is 0 Å². The van der Waals surface area contributed by atoms with E-state index in [1.165, 1.54) is 0 Å². The quantitative estimate of drug-likeness (QED) is 0.782. The minimum atomic E-state index is -0.138. The molecule has 0 aliphatic heterocycles. The molecule has 5 nitrogen and oxygen atoms in total. The minimum Gasteiger partial charge on any atom is -0.338 e. The summed E-state index contributed by atoms with van der Waals surface area (Å²) in [5.74, 6) is 2.24. The molecule has 0 radical (unpaired) electrons. The monoisotopic (exact) mass is 230 g/mol. The lowest BCUT2D eigenvalue weighted by Crippen LogP contribution is -2.13. The average Bonchev–Trinajstić information content (AvgIpc) is 2.61. The van der Waals surface area contributed by atoms with Gasteiger partial charge in [0.25, 0.3) is 0 Å². The van der Waals surface area contributed by atoms with Crippen molar-refractivity contribution in [2.75, 3.05) is 26.1 Å². The van der Waals surface area contributed by atoms with Gasteiger partial charge in [0, 0.05) is 0 Å². The molecule has 0 fully saturated rings. The SMILES string of the molecule is CSCC[C@@H](N)c1nc(CN(C)C)no1. The van der Waals surface area contributed by atoms with Crippen LogP contribution in [0.1, 0.15) is 24.2 Å². The third-order valence-corrected chi connectivity index (χ3v) is 2.54. The molecule has 0 amide bonds. The summed E-state index contributed by atoms with van der Waals surface area (Å²) in [5.41, 5.74) is 5.90. The van der Waals surface area contributed by atoms with Crippen molar-refractivity contribution in [2.24, 2.45) is 5.73 Å². The lowest BCUT2D eigenvalue weighted by Gasteiger charge is -2.04. The number of hydrogen-bond donors (Lipinski definition) is 1. The first kappa shape index (κ1) is 12.5. The van der Waals surface area contributed by atoms with Crippen LogP contribution < -0.4 is 5.73 Å². The third-order valence-electron chi connectivity index (χ3n) is 1.89. The Balaban J connectivity index is 2.51. The Morgan fingerprint density at radius 1 is 1.53 bits per heavy atom. The van der Waals surface area contributed by atoms with Gasteiger partial charge in [0.05, 0.1) is 12.6 Å². The molecule has 1 rings (SSSR count). The largest absolute Gasteiger partial charge is 0.338 e. The van der Waals surface area contributed by atoms with Gasteiger partial charge < -0.3 is 15.2 Å². The van der Waals surface area contributed by atoms with Gasteiger partial charge in [-0.15, -0.1) is 0 Å². The van der Waals surface area contributed by atoms with E-state index >= 15 is 0 Å². The topological polar surface area (TPSA) is 68.2 Å².